The van der Waals surface area contributed by atoms with Crippen molar-refractivity contribution < 1.29 is 9.50 Å². The number of alkyl halides is 1. The lowest BCUT2D eigenvalue weighted by molar-refractivity contribution is -0.116. The highest BCUT2D eigenvalue weighted by atomic mass is 19.1. The second kappa shape index (κ2) is 6.27. The molecule has 2 heteroatoms. The van der Waals surface area contributed by atoms with Crippen LogP contribution in [-0.2, 0) is 0 Å². The monoisotopic (exact) mass is 334 g/mol. The molecular weight excluding hydrogens is 299 g/mol. The molecule has 0 aromatic carbocycles. The van der Waals surface area contributed by atoms with Gasteiger partial charge in [-0.15, -0.1) is 13.2 Å². The molecule has 0 radical (unpaired) electrons. The Bertz CT molecular complexity index is 502. The number of fused-ring (bicyclic) bond motifs is 5. The number of rotatable bonds is 0. The summed E-state index contributed by atoms with van der Waals surface area (Å²) in [7, 11) is 0. The van der Waals surface area contributed by atoms with Gasteiger partial charge in [0, 0.05) is 0 Å². The van der Waals surface area contributed by atoms with Crippen molar-refractivity contribution in [1.82, 2.24) is 0 Å². The fraction of sp³-hybridized carbons (Fsp3) is 0.818. The third-order valence-corrected chi connectivity index (χ3v) is 8.60. The number of halogens is 1. The van der Waals surface area contributed by atoms with Gasteiger partial charge in [-0.1, -0.05) is 20.4 Å². The highest BCUT2D eigenvalue weighted by molar-refractivity contribution is 5.25. The first-order chi connectivity index (χ1) is 11.4. The van der Waals surface area contributed by atoms with Crippen LogP contribution in [0.3, 0.4) is 0 Å². The summed E-state index contributed by atoms with van der Waals surface area (Å²) in [6, 6.07) is 0. The molecule has 4 aliphatic carbocycles. The Hall–Kier alpha value is -0.630. The predicted molar refractivity (Wildman–Crippen MR) is 98.4 cm³/mol. The molecule has 0 bridgehead atoms. The van der Waals surface area contributed by atoms with Crippen LogP contribution in [0.5, 0.6) is 0 Å². The lowest BCUT2D eigenvalue weighted by atomic mass is 9.45. The Balaban J connectivity index is 0.000000815. The molecule has 0 aromatic rings. The maximum absolute atomic E-state index is 14.4. The Morgan fingerprint density at radius 2 is 1.71 bits per heavy atom. The molecule has 0 spiro atoms. The molecule has 0 amide bonds. The molecular formula is C22H35FO. The minimum Gasteiger partial charge on any atom is -0.393 e. The van der Waals surface area contributed by atoms with Crippen LogP contribution in [0.4, 0.5) is 4.39 Å². The van der Waals surface area contributed by atoms with Gasteiger partial charge in [0.05, 0.1) is 6.10 Å². The first-order valence-electron chi connectivity index (χ1n) is 9.87. The van der Waals surface area contributed by atoms with Crippen molar-refractivity contribution in [3.63, 3.8) is 0 Å². The van der Waals surface area contributed by atoms with Crippen molar-refractivity contribution >= 4 is 0 Å². The fourth-order valence-electron chi connectivity index (χ4n) is 7.11. The zero-order valence-electron chi connectivity index (χ0n) is 15.6. The SMILES string of the molecule is C=C.C=C1C(F)CC2C3CCC4CC(O)CCC4(C)C3CCC12C. The van der Waals surface area contributed by atoms with Gasteiger partial charge in [0.2, 0.25) is 0 Å². The van der Waals surface area contributed by atoms with Gasteiger partial charge < -0.3 is 5.11 Å². The van der Waals surface area contributed by atoms with E-state index >= 15 is 0 Å². The molecule has 8 unspecified atom stereocenters. The van der Waals surface area contributed by atoms with E-state index in [0.717, 1.165) is 37.2 Å². The van der Waals surface area contributed by atoms with Crippen molar-refractivity contribution in [2.45, 2.75) is 77.5 Å². The molecule has 0 heterocycles. The lowest BCUT2D eigenvalue weighted by Gasteiger charge is -2.60. The normalized spacial score (nSPS) is 53.2. The van der Waals surface area contributed by atoms with Crippen LogP contribution in [0.25, 0.3) is 0 Å². The van der Waals surface area contributed by atoms with Gasteiger partial charge in [0.1, 0.15) is 6.17 Å². The molecule has 4 fully saturated rings. The molecule has 1 nitrogen and oxygen atoms in total. The topological polar surface area (TPSA) is 20.2 Å². The van der Waals surface area contributed by atoms with Gasteiger partial charge in [-0.05, 0) is 91.4 Å². The highest BCUT2D eigenvalue weighted by Gasteiger charge is 2.60. The van der Waals surface area contributed by atoms with E-state index in [1.165, 1.54) is 25.7 Å². The third kappa shape index (κ3) is 2.43. The summed E-state index contributed by atoms with van der Waals surface area (Å²) < 4.78 is 14.4. The van der Waals surface area contributed by atoms with Crippen molar-refractivity contribution in [3.8, 4) is 0 Å². The summed E-state index contributed by atoms with van der Waals surface area (Å²) in [6.45, 7) is 14.9. The van der Waals surface area contributed by atoms with E-state index in [4.69, 9.17) is 0 Å². The predicted octanol–water partition coefficient (Wildman–Crippen LogP) is 5.70. The van der Waals surface area contributed by atoms with E-state index in [9.17, 15) is 9.50 Å². The van der Waals surface area contributed by atoms with Crippen molar-refractivity contribution in [2.75, 3.05) is 0 Å². The van der Waals surface area contributed by atoms with Gasteiger partial charge in [-0.2, -0.15) is 0 Å². The summed E-state index contributed by atoms with van der Waals surface area (Å²) in [5.74, 6) is 2.63. The average molecular weight is 335 g/mol. The molecule has 8 atom stereocenters. The van der Waals surface area contributed by atoms with Crippen molar-refractivity contribution in [1.29, 1.82) is 0 Å². The van der Waals surface area contributed by atoms with E-state index in [-0.39, 0.29) is 11.5 Å². The zero-order chi connectivity index (χ0) is 17.7. The van der Waals surface area contributed by atoms with Gasteiger partial charge >= 0.3 is 0 Å². The van der Waals surface area contributed by atoms with Crippen LogP contribution in [0.1, 0.15) is 65.2 Å². The fourth-order valence-corrected chi connectivity index (χ4v) is 7.11. The lowest BCUT2D eigenvalue weighted by Crippen LogP contribution is -2.53. The van der Waals surface area contributed by atoms with E-state index < -0.39 is 6.17 Å². The molecule has 1 N–H and O–H groups in total. The summed E-state index contributed by atoms with van der Waals surface area (Å²) in [5, 5.41) is 10.1. The highest BCUT2D eigenvalue weighted by Crippen LogP contribution is 2.67. The molecule has 0 aromatic heterocycles. The van der Waals surface area contributed by atoms with E-state index in [1.807, 2.05) is 0 Å². The molecule has 4 rings (SSSR count). The largest absolute Gasteiger partial charge is 0.393 e. The van der Waals surface area contributed by atoms with Crippen LogP contribution in [0.15, 0.2) is 25.3 Å². The van der Waals surface area contributed by atoms with Crippen LogP contribution >= 0.6 is 0 Å². The van der Waals surface area contributed by atoms with Gasteiger partial charge in [-0.25, -0.2) is 4.39 Å². The second-order valence-corrected chi connectivity index (χ2v) is 9.27. The number of hydrogen-bond donors (Lipinski definition) is 1. The molecule has 24 heavy (non-hydrogen) atoms. The molecule has 0 saturated heterocycles. The summed E-state index contributed by atoms with van der Waals surface area (Å²) in [5.41, 5.74) is 1.33. The molecule has 0 aliphatic heterocycles. The molecule has 4 aliphatic rings. The standard InChI is InChI=1S/C20H31FO.C2H4/c1-12-18(21)11-17-15-5-4-13-10-14(22)6-8-20(13,3)16(15)7-9-19(12,17)2;1-2/h13-18,22H,1,4-11H2,2-3H3;1-2H2. The Labute approximate surface area is 147 Å². The Morgan fingerprint density at radius 3 is 2.42 bits per heavy atom. The number of hydrogen-bond acceptors (Lipinski definition) is 1. The zero-order valence-corrected chi connectivity index (χ0v) is 15.6. The Morgan fingerprint density at radius 1 is 1.00 bits per heavy atom. The Kier molecular flexibility index (Phi) is 4.75. The first-order valence-corrected chi connectivity index (χ1v) is 9.87. The van der Waals surface area contributed by atoms with Crippen LogP contribution in [0.2, 0.25) is 0 Å². The number of aliphatic hydroxyl groups excluding tert-OH is 1. The quantitative estimate of drug-likeness (QED) is 0.564. The molecule has 4 saturated carbocycles. The maximum atomic E-state index is 14.4. The molecule has 136 valence electrons. The van der Waals surface area contributed by atoms with E-state index in [0.29, 0.717) is 23.2 Å². The first kappa shape index (κ1) is 18.2. The summed E-state index contributed by atoms with van der Waals surface area (Å²) >= 11 is 0. The maximum Gasteiger partial charge on any atom is 0.122 e. The number of allylic oxidation sites excluding steroid dienone is 1. The van der Waals surface area contributed by atoms with Crippen molar-refractivity contribution in [3.05, 3.63) is 25.3 Å². The van der Waals surface area contributed by atoms with E-state index in [1.54, 1.807) is 0 Å². The number of aliphatic hydroxyl groups is 1. The van der Waals surface area contributed by atoms with Crippen LogP contribution in [-0.4, -0.2) is 17.4 Å². The third-order valence-electron chi connectivity index (χ3n) is 8.60. The van der Waals surface area contributed by atoms with Crippen LogP contribution in [0, 0.1) is 34.5 Å². The summed E-state index contributed by atoms with van der Waals surface area (Å²) in [6.07, 6.45) is 7.87. The minimum absolute atomic E-state index is 0.0535. The van der Waals surface area contributed by atoms with Crippen molar-refractivity contribution in [2.24, 2.45) is 34.5 Å². The smallest absolute Gasteiger partial charge is 0.122 e. The summed E-state index contributed by atoms with van der Waals surface area (Å²) in [4.78, 5) is 0. The van der Waals surface area contributed by atoms with Gasteiger partial charge in [-0.3, -0.25) is 0 Å². The van der Waals surface area contributed by atoms with Gasteiger partial charge in [0.25, 0.3) is 0 Å². The van der Waals surface area contributed by atoms with Gasteiger partial charge in [0.15, 0.2) is 0 Å². The second-order valence-electron chi connectivity index (χ2n) is 9.27. The van der Waals surface area contributed by atoms with Crippen LogP contribution < -0.4 is 0 Å². The minimum atomic E-state index is -0.771. The van der Waals surface area contributed by atoms with E-state index in [2.05, 4.69) is 33.6 Å². The average Bonchev–Trinajstić information content (AvgIpc) is 2.81.